The van der Waals surface area contributed by atoms with Crippen molar-refractivity contribution < 1.29 is 9.59 Å². The number of carbonyl (C=O) groups is 2. The lowest BCUT2D eigenvalue weighted by atomic mass is 9.99. The molecule has 0 aromatic carbocycles. The van der Waals surface area contributed by atoms with Gasteiger partial charge >= 0.3 is 0 Å². The maximum Gasteiger partial charge on any atom is 0.269 e. The summed E-state index contributed by atoms with van der Waals surface area (Å²) in [6, 6.07) is 3.29. The molecule has 1 aromatic rings. The van der Waals surface area contributed by atoms with Gasteiger partial charge in [0, 0.05) is 31.4 Å². The number of pyridine rings is 1. The summed E-state index contributed by atoms with van der Waals surface area (Å²) in [4.78, 5) is 30.5. The lowest BCUT2D eigenvalue weighted by Crippen LogP contribution is -2.39. The fraction of sp³-hybridized carbons (Fsp3) is 0.588. The summed E-state index contributed by atoms with van der Waals surface area (Å²) in [5.74, 6) is 0.322. The molecule has 1 aliphatic rings. The molecule has 5 nitrogen and oxygen atoms in total. The molecule has 2 amide bonds. The van der Waals surface area contributed by atoms with Crippen LogP contribution in [0, 0.1) is 5.92 Å². The zero-order valence-corrected chi connectivity index (χ0v) is 13.5. The van der Waals surface area contributed by atoms with Crippen molar-refractivity contribution in [2.45, 2.75) is 39.5 Å². The van der Waals surface area contributed by atoms with Gasteiger partial charge in [0.1, 0.15) is 5.69 Å². The van der Waals surface area contributed by atoms with Gasteiger partial charge in [-0.15, -0.1) is 0 Å². The third-order valence-corrected chi connectivity index (χ3v) is 4.00. The second-order valence-corrected chi connectivity index (χ2v) is 6.04. The molecule has 1 unspecified atom stereocenters. The summed E-state index contributed by atoms with van der Waals surface area (Å²) >= 11 is 0. The molecule has 22 heavy (non-hydrogen) atoms. The van der Waals surface area contributed by atoms with E-state index in [9.17, 15) is 9.59 Å². The molecule has 2 heterocycles. The van der Waals surface area contributed by atoms with Crippen LogP contribution in [0.25, 0.3) is 0 Å². The number of piperidine rings is 1. The van der Waals surface area contributed by atoms with Crippen LogP contribution in [0.4, 0.5) is 0 Å². The number of hydrogen-bond acceptors (Lipinski definition) is 3. The van der Waals surface area contributed by atoms with Crippen LogP contribution < -0.4 is 5.32 Å². The highest BCUT2D eigenvalue weighted by atomic mass is 16.2. The smallest absolute Gasteiger partial charge is 0.269 e. The van der Waals surface area contributed by atoms with Crippen LogP contribution in [0.3, 0.4) is 0 Å². The zero-order chi connectivity index (χ0) is 15.9. The Bertz CT molecular complexity index is 530. The van der Waals surface area contributed by atoms with Crippen molar-refractivity contribution in [2.24, 2.45) is 5.92 Å². The minimum absolute atomic E-state index is 0.00319. The van der Waals surface area contributed by atoms with Crippen molar-refractivity contribution in [1.82, 2.24) is 15.2 Å². The molecule has 1 aromatic heterocycles. The van der Waals surface area contributed by atoms with Crippen molar-refractivity contribution in [3.05, 3.63) is 29.6 Å². The first-order valence-electron chi connectivity index (χ1n) is 8.15. The van der Waals surface area contributed by atoms with E-state index in [4.69, 9.17) is 0 Å². The Morgan fingerprint density at radius 1 is 1.45 bits per heavy atom. The van der Waals surface area contributed by atoms with Gasteiger partial charge in [0.25, 0.3) is 11.8 Å². The second-order valence-electron chi connectivity index (χ2n) is 6.04. The van der Waals surface area contributed by atoms with Gasteiger partial charge in [0.2, 0.25) is 0 Å². The van der Waals surface area contributed by atoms with Crippen molar-refractivity contribution in [3.8, 4) is 0 Å². The molecular weight excluding hydrogens is 278 g/mol. The fourth-order valence-corrected chi connectivity index (χ4v) is 2.71. The molecule has 1 saturated heterocycles. The summed E-state index contributed by atoms with van der Waals surface area (Å²) in [6.45, 7) is 6.46. The Morgan fingerprint density at radius 2 is 2.27 bits per heavy atom. The summed E-state index contributed by atoms with van der Waals surface area (Å²) < 4.78 is 0. The number of rotatable bonds is 5. The maximum absolute atomic E-state index is 12.5. The average Bonchev–Trinajstić information content (AvgIpc) is 2.54. The normalized spacial score (nSPS) is 18.1. The van der Waals surface area contributed by atoms with E-state index < -0.39 is 0 Å². The Morgan fingerprint density at radius 3 is 3.00 bits per heavy atom. The van der Waals surface area contributed by atoms with Crippen molar-refractivity contribution in [3.63, 3.8) is 0 Å². The molecule has 1 aliphatic heterocycles. The maximum atomic E-state index is 12.5. The molecule has 0 aliphatic carbocycles. The quantitative estimate of drug-likeness (QED) is 0.850. The molecule has 1 N–H and O–H groups in total. The molecular formula is C17H25N3O2. The van der Waals surface area contributed by atoms with E-state index in [0.717, 1.165) is 32.4 Å². The number of carbonyl (C=O) groups excluding carboxylic acids is 2. The van der Waals surface area contributed by atoms with Gasteiger partial charge in [-0.25, -0.2) is 0 Å². The summed E-state index contributed by atoms with van der Waals surface area (Å²) in [5.41, 5.74) is 0.858. The highest BCUT2D eigenvalue weighted by Crippen LogP contribution is 2.18. The van der Waals surface area contributed by atoms with E-state index in [2.05, 4.69) is 24.1 Å². The van der Waals surface area contributed by atoms with Crippen molar-refractivity contribution >= 4 is 11.8 Å². The van der Waals surface area contributed by atoms with E-state index in [1.807, 2.05) is 4.90 Å². The average molecular weight is 303 g/mol. The number of hydrogen-bond donors (Lipinski definition) is 1. The Kier molecular flexibility index (Phi) is 5.92. The lowest BCUT2D eigenvalue weighted by Gasteiger charge is -2.31. The largest absolute Gasteiger partial charge is 0.351 e. The zero-order valence-electron chi connectivity index (χ0n) is 13.5. The van der Waals surface area contributed by atoms with Crippen LogP contribution in [-0.2, 0) is 0 Å². The predicted octanol–water partition coefficient (Wildman–Crippen LogP) is 2.48. The van der Waals surface area contributed by atoms with E-state index >= 15 is 0 Å². The van der Waals surface area contributed by atoms with Gasteiger partial charge in [-0.2, -0.15) is 0 Å². The van der Waals surface area contributed by atoms with Crippen LogP contribution >= 0.6 is 0 Å². The fourth-order valence-electron chi connectivity index (χ4n) is 2.71. The number of aromatic nitrogens is 1. The third kappa shape index (κ3) is 4.29. The van der Waals surface area contributed by atoms with E-state index in [-0.39, 0.29) is 11.8 Å². The number of amides is 2. The topological polar surface area (TPSA) is 62.3 Å². The number of nitrogens with zero attached hydrogens (tertiary/aromatic N) is 2. The Hall–Kier alpha value is -1.91. The Labute approximate surface area is 132 Å². The van der Waals surface area contributed by atoms with E-state index in [0.29, 0.717) is 23.7 Å². The first-order valence-corrected chi connectivity index (χ1v) is 8.15. The summed E-state index contributed by atoms with van der Waals surface area (Å²) in [5, 5.41) is 2.83. The monoisotopic (exact) mass is 303 g/mol. The first-order chi connectivity index (χ1) is 10.6. The van der Waals surface area contributed by atoms with Crippen LogP contribution in [0.5, 0.6) is 0 Å². The first kappa shape index (κ1) is 16.5. The van der Waals surface area contributed by atoms with Crippen LogP contribution in [0.15, 0.2) is 18.3 Å². The molecule has 0 radical (unpaired) electrons. The molecule has 0 saturated carbocycles. The molecule has 120 valence electrons. The van der Waals surface area contributed by atoms with Crippen molar-refractivity contribution in [1.29, 1.82) is 0 Å². The van der Waals surface area contributed by atoms with Gasteiger partial charge in [-0.3, -0.25) is 14.6 Å². The minimum atomic E-state index is -0.213. The van der Waals surface area contributed by atoms with E-state index in [1.165, 1.54) is 12.6 Å². The molecule has 2 rings (SSSR count). The highest BCUT2D eigenvalue weighted by molar-refractivity contribution is 5.98. The van der Waals surface area contributed by atoms with Gasteiger partial charge in [-0.1, -0.05) is 20.3 Å². The lowest BCUT2D eigenvalue weighted by molar-refractivity contribution is 0.0683. The number of nitrogens with one attached hydrogen (secondary N) is 1. The Balaban J connectivity index is 2.04. The standard InChI is InChI=1S/C17H25N3O2/c1-3-4-8-19-16(21)15-11-14(7-9-18-15)17(22)20-10-5-6-13(2)12-20/h7,9,11,13H,3-6,8,10,12H2,1-2H3,(H,19,21). The van der Waals surface area contributed by atoms with Crippen LogP contribution in [0.1, 0.15) is 60.4 Å². The minimum Gasteiger partial charge on any atom is -0.351 e. The summed E-state index contributed by atoms with van der Waals surface area (Å²) in [6.07, 6.45) is 5.72. The predicted molar refractivity (Wildman–Crippen MR) is 85.8 cm³/mol. The SMILES string of the molecule is CCCCNC(=O)c1cc(C(=O)N2CCCC(C)C2)ccn1. The molecule has 1 fully saturated rings. The van der Waals surface area contributed by atoms with Crippen molar-refractivity contribution in [2.75, 3.05) is 19.6 Å². The second kappa shape index (κ2) is 7.92. The molecule has 0 spiro atoms. The summed E-state index contributed by atoms with van der Waals surface area (Å²) in [7, 11) is 0. The van der Waals surface area contributed by atoms with Gasteiger partial charge in [0.15, 0.2) is 0 Å². The highest BCUT2D eigenvalue weighted by Gasteiger charge is 2.22. The van der Waals surface area contributed by atoms with Crippen LogP contribution in [0.2, 0.25) is 0 Å². The van der Waals surface area contributed by atoms with E-state index in [1.54, 1.807) is 12.1 Å². The molecule has 5 heteroatoms. The van der Waals surface area contributed by atoms with Crippen LogP contribution in [-0.4, -0.2) is 41.3 Å². The molecule has 1 atom stereocenters. The number of unbranched alkanes of at least 4 members (excludes halogenated alkanes) is 1. The van der Waals surface area contributed by atoms with Gasteiger partial charge in [-0.05, 0) is 37.3 Å². The van der Waals surface area contributed by atoms with Gasteiger partial charge in [0.05, 0.1) is 0 Å². The molecule has 0 bridgehead atoms. The number of likely N-dealkylation sites (tertiary alicyclic amines) is 1. The van der Waals surface area contributed by atoms with Gasteiger partial charge < -0.3 is 10.2 Å². The third-order valence-electron chi connectivity index (χ3n) is 4.00.